The molecule has 18 heavy (non-hydrogen) atoms. The van der Waals surface area contributed by atoms with E-state index in [1.54, 1.807) is 47.7 Å². The van der Waals surface area contributed by atoms with Gasteiger partial charge in [0, 0.05) is 24.7 Å². The Morgan fingerprint density at radius 3 is 2.83 bits per heavy atom. The number of hydrogen-bond donors (Lipinski definition) is 0. The maximum atomic E-state index is 11.0. The van der Waals surface area contributed by atoms with E-state index in [1.807, 2.05) is 0 Å². The summed E-state index contributed by atoms with van der Waals surface area (Å²) < 4.78 is 1.78. The molecule has 6 heteroatoms. The Morgan fingerprint density at radius 1 is 1.22 bits per heavy atom. The van der Waals surface area contributed by atoms with Gasteiger partial charge in [-0.3, -0.25) is 15.1 Å². The second-order valence-corrected chi connectivity index (χ2v) is 3.73. The lowest BCUT2D eigenvalue weighted by Crippen LogP contribution is -1.96. The van der Waals surface area contributed by atoms with Crippen LogP contribution in [-0.4, -0.2) is 19.5 Å². The normalized spacial score (nSPS) is 10.7. The van der Waals surface area contributed by atoms with Gasteiger partial charge in [-0.1, -0.05) is 0 Å². The smallest absolute Gasteiger partial charge is 0.278 e. The van der Waals surface area contributed by atoms with Gasteiger partial charge in [-0.15, -0.1) is 0 Å². The van der Waals surface area contributed by atoms with Crippen molar-refractivity contribution >= 4 is 16.6 Å². The largest absolute Gasteiger partial charge is 0.304 e. The first-order valence-electron chi connectivity index (χ1n) is 5.28. The molecule has 0 saturated heterocycles. The predicted molar refractivity (Wildman–Crippen MR) is 65.5 cm³/mol. The van der Waals surface area contributed by atoms with Gasteiger partial charge in [0.05, 0.1) is 22.3 Å². The monoisotopic (exact) mass is 240 g/mol. The van der Waals surface area contributed by atoms with Gasteiger partial charge in [-0.05, 0) is 18.2 Å². The minimum absolute atomic E-state index is 0.0574. The van der Waals surface area contributed by atoms with Crippen molar-refractivity contribution in [3.63, 3.8) is 0 Å². The Kier molecular flexibility index (Phi) is 2.26. The summed E-state index contributed by atoms with van der Waals surface area (Å²) in [6.45, 7) is 0. The standard InChI is InChI=1S/C12H8N4O2/c17-16(18)10-3-4-11(15-7-6-13-8-15)12-9(10)2-1-5-14-12/h1-8H. The number of fused-ring (bicyclic) bond motifs is 1. The molecule has 0 spiro atoms. The van der Waals surface area contributed by atoms with Crippen molar-refractivity contribution in [2.45, 2.75) is 0 Å². The lowest BCUT2D eigenvalue weighted by atomic mass is 10.1. The second-order valence-electron chi connectivity index (χ2n) is 3.73. The van der Waals surface area contributed by atoms with Crippen LogP contribution in [0.25, 0.3) is 16.6 Å². The highest BCUT2D eigenvalue weighted by atomic mass is 16.6. The summed E-state index contributed by atoms with van der Waals surface area (Å²) in [6.07, 6.45) is 6.67. The Morgan fingerprint density at radius 2 is 2.11 bits per heavy atom. The maximum Gasteiger partial charge on any atom is 0.278 e. The molecule has 0 unspecified atom stereocenters. The molecule has 0 bridgehead atoms. The summed E-state index contributed by atoms with van der Waals surface area (Å²) >= 11 is 0. The Bertz CT molecular complexity index is 722. The quantitative estimate of drug-likeness (QED) is 0.509. The minimum Gasteiger partial charge on any atom is -0.304 e. The maximum absolute atomic E-state index is 11.0. The number of hydrogen-bond acceptors (Lipinski definition) is 4. The Hall–Kier alpha value is -2.76. The average Bonchev–Trinajstić information content (AvgIpc) is 2.91. The fourth-order valence-corrected chi connectivity index (χ4v) is 1.91. The zero-order valence-electron chi connectivity index (χ0n) is 9.22. The topological polar surface area (TPSA) is 73.8 Å². The van der Waals surface area contributed by atoms with E-state index in [0.717, 1.165) is 5.69 Å². The van der Waals surface area contributed by atoms with Crippen molar-refractivity contribution < 1.29 is 4.92 Å². The van der Waals surface area contributed by atoms with Gasteiger partial charge in [0.15, 0.2) is 0 Å². The van der Waals surface area contributed by atoms with E-state index in [9.17, 15) is 10.1 Å². The van der Waals surface area contributed by atoms with Gasteiger partial charge in [0.1, 0.15) is 5.52 Å². The summed E-state index contributed by atoms with van der Waals surface area (Å²) in [4.78, 5) is 18.8. The molecule has 0 fully saturated rings. The molecule has 1 aromatic carbocycles. The first-order chi connectivity index (χ1) is 8.77. The first kappa shape index (κ1) is 10.4. The molecule has 0 atom stereocenters. The van der Waals surface area contributed by atoms with E-state index in [1.165, 1.54) is 6.07 Å². The molecule has 0 N–H and O–H groups in total. The summed E-state index contributed by atoms with van der Waals surface area (Å²) in [5, 5.41) is 11.5. The minimum atomic E-state index is -0.401. The summed E-state index contributed by atoms with van der Waals surface area (Å²) in [5.74, 6) is 0. The van der Waals surface area contributed by atoms with Crippen molar-refractivity contribution in [3.8, 4) is 5.69 Å². The third-order valence-corrected chi connectivity index (χ3v) is 2.70. The highest BCUT2D eigenvalue weighted by Crippen LogP contribution is 2.28. The highest BCUT2D eigenvalue weighted by Gasteiger charge is 2.15. The molecule has 0 saturated carbocycles. The first-order valence-corrected chi connectivity index (χ1v) is 5.28. The Balaban J connectivity index is 2.37. The molecule has 3 aromatic rings. The van der Waals surface area contributed by atoms with E-state index < -0.39 is 4.92 Å². The van der Waals surface area contributed by atoms with Gasteiger partial charge in [-0.25, -0.2) is 4.98 Å². The van der Waals surface area contributed by atoms with Crippen LogP contribution in [-0.2, 0) is 0 Å². The number of pyridine rings is 1. The van der Waals surface area contributed by atoms with Crippen LogP contribution in [0.5, 0.6) is 0 Å². The molecule has 0 aliphatic heterocycles. The predicted octanol–water partition coefficient (Wildman–Crippen LogP) is 2.33. The number of rotatable bonds is 2. The fourth-order valence-electron chi connectivity index (χ4n) is 1.91. The molecular weight excluding hydrogens is 232 g/mol. The van der Waals surface area contributed by atoms with E-state index in [4.69, 9.17) is 0 Å². The molecule has 88 valence electrons. The number of nitro groups is 1. The lowest BCUT2D eigenvalue weighted by Gasteiger charge is -2.06. The van der Waals surface area contributed by atoms with Gasteiger partial charge in [0.25, 0.3) is 5.69 Å². The summed E-state index contributed by atoms with van der Waals surface area (Å²) in [7, 11) is 0. The summed E-state index contributed by atoms with van der Waals surface area (Å²) in [6, 6.07) is 6.54. The van der Waals surface area contributed by atoms with E-state index in [0.29, 0.717) is 10.9 Å². The van der Waals surface area contributed by atoms with Gasteiger partial charge in [0.2, 0.25) is 0 Å². The molecule has 0 aliphatic carbocycles. The number of nitro benzene ring substituents is 1. The number of non-ortho nitro benzene ring substituents is 1. The van der Waals surface area contributed by atoms with Gasteiger partial charge in [-0.2, -0.15) is 0 Å². The average molecular weight is 240 g/mol. The fraction of sp³-hybridized carbons (Fsp3) is 0. The van der Waals surface area contributed by atoms with Crippen LogP contribution in [0.15, 0.2) is 49.2 Å². The second kappa shape index (κ2) is 3.92. The number of benzene rings is 1. The highest BCUT2D eigenvalue weighted by molar-refractivity contribution is 5.93. The van der Waals surface area contributed by atoms with Crippen LogP contribution in [0.1, 0.15) is 0 Å². The number of aromatic nitrogens is 3. The summed E-state index contributed by atoms with van der Waals surface area (Å²) in [5.41, 5.74) is 1.42. The zero-order chi connectivity index (χ0) is 12.5. The molecular formula is C12H8N4O2. The van der Waals surface area contributed by atoms with Crippen molar-refractivity contribution in [1.29, 1.82) is 0 Å². The third-order valence-electron chi connectivity index (χ3n) is 2.70. The van der Waals surface area contributed by atoms with Crippen LogP contribution < -0.4 is 0 Å². The van der Waals surface area contributed by atoms with E-state index in [2.05, 4.69) is 9.97 Å². The van der Waals surface area contributed by atoms with Crippen molar-refractivity contribution in [2.75, 3.05) is 0 Å². The third kappa shape index (κ3) is 1.51. The van der Waals surface area contributed by atoms with E-state index in [-0.39, 0.29) is 5.69 Å². The molecule has 2 aromatic heterocycles. The molecule has 0 amide bonds. The van der Waals surface area contributed by atoms with Gasteiger partial charge < -0.3 is 4.57 Å². The molecule has 3 rings (SSSR count). The number of imidazole rings is 1. The van der Waals surface area contributed by atoms with Crippen LogP contribution >= 0.6 is 0 Å². The van der Waals surface area contributed by atoms with Crippen LogP contribution in [0.3, 0.4) is 0 Å². The SMILES string of the molecule is O=[N+]([O-])c1ccc(-n2ccnc2)c2ncccc12. The van der Waals surface area contributed by atoms with Gasteiger partial charge >= 0.3 is 0 Å². The van der Waals surface area contributed by atoms with Crippen LogP contribution in [0.4, 0.5) is 5.69 Å². The van der Waals surface area contributed by atoms with Crippen molar-refractivity contribution in [1.82, 2.24) is 14.5 Å². The molecule has 0 radical (unpaired) electrons. The van der Waals surface area contributed by atoms with Crippen LogP contribution in [0.2, 0.25) is 0 Å². The molecule has 6 nitrogen and oxygen atoms in total. The van der Waals surface area contributed by atoms with Crippen molar-refractivity contribution in [3.05, 3.63) is 59.3 Å². The molecule has 2 heterocycles. The van der Waals surface area contributed by atoms with E-state index >= 15 is 0 Å². The molecule has 0 aliphatic rings. The lowest BCUT2D eigenvalue weighted by molar-refractivity contribution is -0.383. The van der Waals surface area contributed by atoms with Crippen LogP contribution in [0, 0.1) is 10.1 Å². The zero-order valence-corrected chi connectivity index (χ0v) is 9.22. The van der Waals surface area contributed by atoms with Crippen molar-refractivity contribution in [2.24, 2.45) is 0 Å². The Labute approximate surface area is 102 Å². The number of nitrogens with zero attached hydrogens (tertiary/aromatic N) is 4.